The third kappa shape index (κ3) is 2.41. The van der Waals surface area contributed by atoms with Crippen LogP contribution in [0, 0.1) is 29.6 Å². The van der Waals surface area contributed by atoms with E-state index in [1.165, 1.54) is 24.8 Å². The average Bonchev–Trinajstić information content (AvgIpc) is 2.28. The quantitative estimate of drug-likeness (QED) is 0.742. The van der Waals surface area contributed by atoms with Crippen LogP contribution in [0.3, 0.4) is 0 Å². The van der Waals surface area contributed by atoms with Crippen molar-refractivity contribution >= 4 is 5.97 Å². The zero-order valence-electron chi connectivity index (χ0n) is 11.1. The van der Waals surface area contributed by atoms with E-state index in [2.05, 4.69) is 19.9 Å². The lowest BCUT2D eigenvalue weighted by molar-refractivity contribution is -0.144. The molecular weight excluding hydrogens is 212 g/mol. The Kier molecular flexibility index (Phi) is 3.60. The van der Waals surface area contributed by atoms with Crippen molar-refractivity contribution in [1.29, 1.82) is 0 Å². The van der Waals surface area contributed by atoms with Gasteiger partial charge in [-0.3, -0.25) is 4.79 Å². The lowest BCUT2D eigenvalue weighted by atomic mass is 9.60. The Morgan fingerprint density at radius 1 is 1.41 bits per heavy atom. The van der Waals surface area contributed by atoms with Crippen LogP contribution in [0.4, 0.5) is 0 Å². The molecule has 3 unspecified atom stereocenters. The number of carboxylic acids is 1. The first-order chi connectivity index (χ1) is 8.00. The van der Waals surface area contributed by atoms with Gasteiger partial charge in [-0.1, -0.05) is 31.9 Å². The minimum absolute atomic E-state index is 0.197. The van der Waals surface area contributed by atoms with Crippen LogP contribution in [0.2, 0.25) is 0 Å². The fraction of sp³-hybridized carbons (Fsp3) is 0.800. The second-order valence-corrected chi connectivity index (χ2v) is 6.14. The normalized spacial score (nSPS) is 39.1. The lowest BCUT2D eigenvalue weighted by Crippen LogP contribution is -2.39. The van der Waals surface area contributed by atoms with E-state index in [1.807, 2.05) is 6.92 Å². The summed E-state index contributed by atoms with van der Waals surface area (Å²) in [7, 11) is 0. The van der Waals surface area contributed by atoms with Gasteiger partial charge in [-0.25, -0.2) is 0 Å². The van der Waals surface area contributed by atoms with Crippen LogP contribution < -0.4 is 0 Å². The summed E-state index contributed by atoms with van der Waals surface area (Å²) in [6.45, 7) is 6.42. The summed E-state index contributed by atoms with van der Waals surface area (Å²) in [5.41, 5.74) is 1.46. The van der Waals surface area contributed by atoms with E-state index in [0.29, 0.717) is 11.8 Å². The molecule has 0 radical (unpaired) electrons. The molecule has 0 spiro atoms. The smallest absolute Gasteiger partial charge is 0.306 e. The maximum atomic E-state index is 11.2. The van der Waals surface area contributed by atoms with E-state index in [4.69, 9.17) is 0 Å². The van der Waals surface area contributed by atoms with Gasteiger partial charge < -0.3 is 5.11 Å². The Morgan fingerprint density at radius 2 is 2.12 bits per heavy atom. The van der Waals surface area contributed by atoms with Gasteiger partial charge in [-0.15, -0.1) is 0 Å². The van der Waals surface area contributed by atoms with Gasteiger partial charge in [0, 0.05) is 0 Å². The summed E-state index contributed by atoms with van der Waals surface area (Å²) in [6, 6.07) is 0. The molecule has 1 fully saturated rings. The number of hydrogen-bond donors (Lipinski definition) is 1. The third-order valence-corrected chi connectivity index (χ3v) is 5.06. The van der Waals surface area contributed by atoms with Crippen LogP contribution in [0.15, 0.2) is 11.6 Å². The fourth-order valence-corrected chi connectivity index (χ4v) is 3.86. The Balaban J connectivity index is 2.22. The van der Waals surface area contributed by atoms with Crippen LogP contribution in [-0.4, -0.2) is 11.1 Å². The summed E-state index contributed by atoms with van der Waals surface area (Å²) in [4.78, 5) is 11.2. The molecule has 5 atom stereocenters. The van der Waals surface area contributed by atoms with Gasteiger partial charge in [-0.2, -0.15) is 0 Å². The van der Waals surface area contributed by atoms with Crippen molar-refractivity contribution in [2.75, 3.05) is 0 Å². The topological polar surface area (TPSA) is 37.3 Å². The molecule has 0 bridgehead atoms. The molecule has 0 aliphatic heterocycles. The highest BCUT2D eigenvalue weighted by Gasteiger charge is 2.41. The molecular formula is C15H24O2. The van der Waals surface area contributed by atoms with Crippen molar-refractivity contribution < 1.29 is 9.90 Å². The lowest BCUT2D eigenvalue weighted by Gasteiger charge is -2.44. The first kappa shape index (κ1) is 12.7. The highest BCUT2D eigenvalue weighted by Crippen LogP contribution is 2.47. The molecule has 0 aromatic rings. The van der Waals surface area contributed by atoms with Crippen LogP contribution in [0.25, 0.3) is 0 Å². The van der Waals surface area contributed by atoms with Crippen molar-refractivity contribution in [2.24, 2.45) is 29.6 Å². The van der Waals surface area contributed by atoms with Gasteiger partial charge in [0.2, 0.25) is 0 Å². The zero-order chi connectivity index (χ0) is 12.6. The molecule has 0 aromatic carbocycles. The number of allylic oxidation sites excluding steroid dienone is 2. The van der Waals surface area contributed by atoms with Gasteiger partial charge >= 0.3 is 5.97 Å². The Morgan fingerprint density at radius 3 is 2.76 bits per heavy atom. The molecule has 2 nitrogen and oxygen atoms in total. The second kappa shape index (κ2) is 4.83. The molecule has 1 saturated carbocycles. The predicted molar refractivity (Wildman–Crippen MR) is 68.7 cm³/mol. The minimum Gasteiger partial charge on any atom is -0.481 e. The van der Waals surface area contributed by atoms with Crippen molar-refractivity contribution in [3.8, 4) is 0 Å². The maximum absolute atomic E-state index is 11.2. The maximum Gasteiger partial charge on any atom is 0.306 e. The standard InChI is InChI=1S/C15H24O2/c1-9-4-6-12-10(2)5-7-13(14(12)8-9)11(3)15(16)17/h8,10-14H,4-7H2,1-3H3,(H,16,17)/t10-,11+,12?,13?,14?/m1/s1. The number of carboxylic acid groups (broad SMARTS) is 1. The number of carbonyl (C=O) groups is 1. The van der Waals surface area contributed by atoms with Gasteiger partial charge in [0.15, 0.2) is 0 Å². The van der Waals surface area contributed by atoms with Gasteiger partial charge in [0.05, 0.1) is 5.92 Å². The van der Waals surface area contributed by atoms with Crippen molar-refractivity contribution in [3.63, 3.8) is 0 Å². The molecule has 96 valence electrons. The zero-order valence-corrected chi connectivity index (χ0v) is 11.1. The minimum atomic E-state index is -0.625. The summed E-state index contributed by atoms with van der Waals surface area (Å²) >= 11 is 0. The van der Waals surface area contributed by atoms with Gasteiger partial charge in [-0.05, 0) is 49.9 Å². The molecule has 2 heteroatoms. The Labute approximate surface area is 104 Å². The van der Waals surface area contributed by atoms with E-state index in [0.717, 1.165) is 18.3 Å². The summed E-state index contributed by atoms with van der Waals surface area (Å²) in [5.74, 6) is 1.53. The first-order valence-corrected chi connectivity index (χ1v) is 6.90. The molecule has 0 aromatic heterocycles. The molecule has 17 heavy (non-hydrogen) atoms. The van der Waals surface area contributed by atoms with Crippen LogP contribution in [0.1, 0.15) is 46.5 Å². The molecule has 2 aliphatic rings. The molecule has 0 amide bonds. The Hall–Kier alpha value is -0.790. The first-order valence-electron chi connectivity index (χ1n) is 6.90. The average molecular weight is 236 g/mol. The Bertz CT molecular complexity index is 332. The summed E-state index contributed by atoms with van der Waals surface area (Å²) in [6.07, 6.45) is 7.14. The molecule has 0 saturated heterocycles. The summed E-state index contributed by atoms with van der Waals surface area (Å²) < 4.78 is 0. The molecule has 0 heterocycles. The monoisotopic (exact) mass is 236 g/mol. The second-order valence-electron chi connectivity index (χ2n) is 6.14. The highest BCUT2D eigenvalue weighted by molar-refractivity contribution is 5.70. The third-order valence-electron chi connectivity index (χ3n) is 5.06. The van der Waals surface area contributed by atoms with E-state index < -0.39 is 5.97 Å². The van der Waals surface area contributed by atoms with E-state index >= 15 is 0 Å². The van der Waals surface area contributed by atoms with Crippen molar-refractivity contribution in [1.82, 2.24) is 0 Å². The largest absolute Gasteiger partial charge is 0.481 e. The fourth-order valence-electron chi connectivity index (χ4n) is 3.86. The molecule has 1 N–H and O–H groups in total. The molecule has 2 rings (SSSR count). The van der Waals surface area contributed by atoms with Gasteiger partial charge in [0.1, 0.15) is 0 Å². The van der Waals surface area contributed by atoms with E-state index in [-0.39, 0.29) is 5.92 Å². The van der Waals surface area contributed by atoms with E-state index in [9.17, 15) is 9.90 Å². The van der Waals surface area contributed by atoms with Crippen LogP contribution in [-0.2, 0) is 4.79 Å². The number of aliphatic carboxylic acids is 1. The SMILES string of the molecule is CC1=CC2C(CC1)[C@H](C)CCC2[C@H](C)C(=O)O. The predicted octanol–water partition coefficient (Wildman–Crippen LogP) is 3.73. The van der Waals surface area contributed by atoms with Crippen LogP contribution >= 0.6 is 0 Å². The highest BCUT2D eigenvalue weighted by atomic mass is 16.4. The van der Waals surface area contributed by atoms with E-state index in [1.54, 1.807) is 0 Å². The van der Waals surface area contributed by atoms with Gasteiger partial charge in [0.25, 0.3) is 0 Å². The van der Waals surface area contributed by atoms with Crippen molar-refractivity contribution in [3.05, 3.63) is 11.6 Å². The molecule has 2 aliphatic carbocycles. The van der Waals surface area contributed by atoms with Crippen molar-refractivity contribution in [2.45, 2.75) is 46.5 Å². The van der Waals surface area contributed by atoms with Crippen LogP contribution in [0.5, 0.6) is 0 Å². The number of hydrogen-bond acceptors (Lipinski definition) is 1. The number of fused-ring (bicyclic) bond motifs is 1. The number of rotatable bonds is 2. The summed E-state index contributed by atoms with van der Waals surface area (Å²) in [5, 5.41) is 9.24.